The fourth-order valence-electron chi connectivity index (χ4n) is 4.16. The molecule has 0 aromatic carbocycles. The Morgan fingerprint density at radius 3 is 1.17 bits per heavy atom. The summed E-state index contributed by atoms with van der Waals surface area (Å²) >= 11 is 0. The summed E-state index contributed by atoms with van der Waals surface area (Å²) in [4.78, 5) is 22.9. The van der Waals surface area contributed by atoms with E-state index >= 15 is 0 Å². The summed E-state index contributed by atoms with van der Waals surface area (Å²) in [6.45, 7) is 12.9. The van der Waals surface area contributed by atoms with Gasteiger partial charge in [0.15, 0.2) is 0 Å². The molecule has 0 unspecified atom stereocenters. The van der Waals surface area contributed by atoms with E-state index in [2.05, 4.69) is 27.7 Å². The van der Waals surface area contributed by atoms with Crippen molar-refractivity contribution in [3.8, 4) is 0 Å². The fraction of sp³-hybridized carbons (Fsp3) is 0.917. The van der Waals surface area contributed by atoms with E-state index in [1.165, 1.54) is 0 Å². The zero-order chi connectivity index (χ0) is 22.5. The van der Waals surface area contributed by atoms with E-state index in [0.29, 0.717) is 25.4 Å². The Hall–Kier alpha value is -1.14. The van der Waals surface area contributed by atoms with Gasteiger partial charge in [0.25, 0.3) is 0 Å². The van der Waals surface area contributed by atoms with Crippen LogP contribution in [0.3, 0.4) is 0 Å². The van der Waals surface area contributed by atoms with Crippen molar-refractivity contribution in [2.45, 2.75) is 117 Å². The number of rotatable bonds is 8. The highest BCUT2D eigenvalue weighted by Crippen LogP contribution is 2.28. The maximum Gasteiger partial charge on any atom is 0.308 e. The van der Waals surface area contributed by atoms with Crippen molar-refractivity contribution < 1.29 is 28.5 Å². The first-order valence-electron chi connectivity index (χ1n) is 11.9. The quantitative estimate of drug-likeness (QED) is 0.503. The molecule has 0 atom stereocenters. The zero-order valence-corrected chi connectivity index (χ0v) is 20.0. The molecule has 6 heteroatoms. The lowest BCUT2D eigenvalue weighted by Gasteiger charge is -2.28. The number of hydrogen-bond acceptors (Lipinski definition) is 6. The second kappa shape index (κ2) is 14.8. The van der Waals surface area contributed by atoms with Crippen LogP contribution in [0.4, 0.5) is 0 Å². The molecule has 0 aliphatic heterocycles. The second-order valence-electron chi connectivity index (χ2n) is 8.82. The molecular formula is C24H44O6. The predicted octanol–water partition coefficient (Wildman–Crippen LogP) is 5.07. The summed E-state index contributed by atoms with van der Waals surface area (Å²) in [5.41, 5.74) is 0. The van der Waals surface area contributed by atoms with Gasteiger partial charge in [0, 0.05) is 0 Å². The predicted molar refractivity (Wildman–Crippen MR) is 117 cm³/mol. The van der Waals surface area contributed by atoms with Crippen LogP contribution in [-0.2, 0) is 28.5 Å². The monoisotopic (exact) mass is 428 g/mol. The molecule has 2 aliphatic rings. The topological polar surface area (TPSA) is 71.1 Å². The highest BCUT2D eigenvalue weighted by atomic mass is 16.5. The Bertz CT molecular complexity index is 430. The van der Waals surface area contributed by atoms with Crippen LogP contribution >= 0.6 is 0 Å². The SMILES string of the molecule is CCOC(=O)[C@H]1CC[C@H](OC(C)C)CC1.CCOC(=O)[C@H]1CC[C@H](OC(C)C)CC1. The van der Waals surface area contributed by atoms with Crippen LogP contribution in [0.15, 0.2) is 0 Å². The van der Waals surface area contributed by atoms with E-state index in [9.17, 15) is 9.59 Å². The summed E-state index contributed by atoms with van der Waals surface area (Å²) in [6, 6.07) is 0. The van der Waals surface area contributed by atoms with Crippen LogP contribution in [-0.4, -0.2) is 49.6 Å². The average Bonchev–Trinajstić information content (AvgIpc) is 2.69. The van der Waals surface area contributed by atoms with Crippen molar-refractivity contribution >= 4 is 11.9 Å². The van der Waals surface area contributed by atoms with Crippen LogP contribution in [0.2, 0.25) is 0 Å². The molecule has 176 valence electrons. The first-order chi connectivity index (χ1) is 14.3. The van der Waals surface area contributed by atoms with Gasteiger partial charge in [-0.15, -0.1) is 0 Å². The Morgan fingerprint density at radius 1 is 0.633 bits per heavy atom. The van der Waals surface area contributed by atoms with Crippen LogP contribution in [0, 0.1) is 11.8 Å². The summed E-state index contributed by atoms with van der Waals surface area (Å²) in [7, 11) is 0. The first-order valence-corrected chi connectivity index (χ1v) is 11.9. The molecule has 0 radical (unpaired) electrons. The third-order valence-electron chi connectivity index (χ3n) is 5.52. The minimum atomic E-state index is -0.0273. The van der Waals surface area contributed by atoms with Gasteiger partial charge in [-0.25, -0.2) is 0 Å². The second-order valence-corrected chi connectivity index (χ2v) is 8.82. The molecule has 30 heavy (non-hydrogen) atoms. The van der Waals surface area contributed by atoms with Gasteiger partial charge >= 0.3 is 11.9 Å². The Morgan fingerprint density at radius 2 is 0.933 bits per heavy atom. The van der Waals surface area contributed by atoms with Gasteiger partial charge in [-0.1, -0.05) is 0 Å². The van der Waals surface area contributed by atoms with Gasteiger partial charge in [-0.3, -0.25) is 9.59 Å². The molecule has 2 aliphatic carbocycles. The molecule has 0 saturated heterocycles. The van der Waals surface area contributed by atoms with Gasteiger partial charge in [0.05, 0.1) is 49.5 Å². The van der Waals surface area contributed by atoms with Crippen molar-refractivity contribution in [3.63, 3.8) is 0 Å². The number of carbonyl (C=O) groups excluding carboxylic acids is 2. The highest BCUT2D eigenvalue weighted by Gasteiger charge is 2.28. The van der Waals surface area contributed by atoms with Crippen molar-refractivity contribution in [3.05, 3.63) is 0 Å². The molecule has 0 aromatic heterocycles. The van der Waals surface area contributed by atoms with Crippen LogP contribution in [0.25, 0.3) is 0 Å². The molecule has 6 nitrogen and oxygen atoms in total. The van der Waals surface area contributed by atoms with E-state index in [-0.39, 0.29) is 36.0 Å². The normalized spacial score (nSPS) is 26.7. The van der Waals surface area contributed by atoms with Gasteiger partial charge < -0.3 is 18.9 Å². The Kier molecular flexibility index (Phi) is 13.3. The van der Waals surface area contributed by atoms with Gasteiger partial charge in [0.2, 0.25) is 0 Å². The van der Waals surface area contributed by atoms with E-state index in [1.807, 2.05) is 13.8 Å². The molecule has 2 saturated carbocycles. The van der Waals surface area contributed by atoms with Gasteiger partial charge in [-0.05, 0) is 92.9 Å². The molecule has 0 aromatic rings. The molecule has 2 rings (SSSR count). The summed E-state index contributed by atoms with van der Waals surface area (Å²) < 4.78 is 21.5. The molecule has 0 N–H and O–H groups in total. The summed E-state index contributed by atoms with van der Waals surface area (Å²) in [6.07, 6.45) is 8.86. The third kappa shape index (κ3) is 10.8. The maximum atomic E-state index is 11.5. The lowest BCUT2D eigenvalue weighted by atomic mass is 9.87. The number of hydrogen-bond donors (Lipinski definition) is 0. The van der Waals surface area contributed by atoms with E-state index in [0.717, 1.165) is 51.4 Å². The Balaban J connectivity index is 0.000000300. The van der Waals surface area contributed by atoms with Crippen molar-refractivity contribution in [1.29, 1.82) is 0 Å². The summed E-state index contributed by atoms with van der Waals surface area (Å²) in [5.74, 6) is 0.162. The molecule has 0 spiro atoms. The minimum absolute atomic E-state index is 0.0273. The fourth-order valence-corrected chi connectivity index (χ4v) is 4.16. The maximum absolute atomic E-state index is 11.5. The molecular weight excluding hydrogens is 384 g/mol. The minimum Gasteiger partial charge on any atom is -0.466 e. The van der Waals surface area contributed by atoms with Crippen LogP contribution in [0.5, 0.6) is 0 Å². The van der Waals surface area contributed by atoms with E-state index in [1.54, 1.807) is 0 Å². The number of carbonyl (C=O) groups is 2. The molecule has 0 bridgehead atoms. The lowest BCUT2D eigenvalue weighted by Crippen LogP contribution is -2.28. The van der Waals surface area contributed by atoms with Crippen molar-refractivity contribution in [2.24, 2.45) is 11.8 Å². The summed E-state index contributed by atoms with van der Waals surface area (Å²) in [5, 5.41) is 0. The molecule has 0 amide bonds. The third-order valence-corrected chi connectivity index (χ3v) is 5.52. The number of esters is 2. The zero-order valence-electron chi connectivity index (χ0n) is 20.0. The van der Waals surface area contributed by atoms with E-state index < -0.39 is 0 Å². The Labute approximate surface area is 183 Å². The molecule has 2 fully saturated rings. The largest absolute Gasteiger partial charge is 0.466 e. The molecule has 0 heterocycles. The van der Waals surface area contributed by atoms with Crippen molar-refractivity contribution in [2.75, 3.05) is 13.2 Å². The number of ether oxygens (including phenoxy) is 4. The van der Waals surface area contributed by atoms with Crippen molar-refractivity contribution in [1.82, 2.24) is 0 Å². The highest BCUT2D eigenvalue weighted by molar-refractivity contribution is 5.72. The first kappa shape index (κ1) is 26.9. The van der Waals surface area contributed by atoms with Gasteiger partial charge in [0.1, 0.15) is 0 Å². The van der Waals surface area contributed by atoms with Crippen LogP contribution in [0.1, 0.15) is 92.9 Å². The average molecular weight is 429 g/mol. The van der Waals surface area contributed by atoms with Gasteiger partial charge in [-0.2, -0.15) is 0 Å². The standard InChI is InChI=1S/2C12H22O3/c2*1-4-14-12(13)10-5-7-11(8-6-10)15-9(2)3/h2*9-11H,4-8H2,1-3H3/t2*10-,11-. The van der Waals surface area contributed by atoms with E-state index in [4.69, 9.17) is 18.9 Å². The van der Waals surface area contributed by atoms with Crippen LogP contribution < -0.4 is 0 Å². The smallest absolute Gasteiger partial charge is 0.308 e. The lowest BCUT2D eigenvalue weighted by molar-refractivity contribution is -0.151.